The average Bonchev–Trinajstić information content (AvgIpc) is 2.96. The molecule has 2 aliphatic rings. The van der Waals surface area contributed by atoms with Crippen LogP contribution in [0.25, 0.3) is 0 Å². The Morgan fingerprint density at radius 3 is 2.56 bits per heavy atom. The van der Waals surface area contributed by atoms with E-state index < -0.39 is 24.0 Å². The van der Waals surface area contributed by atoms with Gasteiger partial charge in [0.1, 0.15) is 12.1 Å². The summed E-state index contributed by atoms with van der Waals surface area (Å²) in [4.78, 5) is 40.2. The minimum absolute atomic E-state index is 0.341. The lowest BCUT2D eigenvalue weighted by Gasteiger charge is -2.29. The zero-order chi connectivity index (χ0) is 19.4. The molecule has 27 heavy (non-hydrogen) atoms. The van der Waals surface area contributed by atoms with Gasteiger partial charge < -0.3 is 20.3 Å². The third kappa shape index (κ3) is 4.21. The molecule has 1 aromatic rings. The molecule has 146 valence electrons. The Morgan fingerprint density at radius 1 is 1.26 bits per heavy atom. The number of nitrogens with one attached hydrogen (secondary N) is 2. The molecular weight excluding hydrogens is 348 g/mol. The first-order valence-electron chi connectivity index (χ1n) is 9.38. The molecule has 3 rings (SSSR count). The zero-order valence-electron chi connectivity index (χ0n) is 15.7. The summed E-state index contributed by atoms with van der Waals surface area (Å²) in [6.07, 6.45) is 1.35. The SMILES string of the molecule is CCCC1NC(=O)N(C(C)C(=O)Nc2ccc(N3CCOCC3)cc2)C1=O. The molecule has 0 aromatic heterocycles. The van der Waals surface area contributed by atoms with Crippen molar-refractivity contribution in [2.24, 2.45) is 0 Å². The number of amides is 4. The highest BCUT2D eigenvalue weighted by molar-refractivity contribution is 6.09. The molecule has 2 atom stereocenters. The predicted molar refractivity (Wildman–Crippen MR) is 102 cm³/mol. The zero-order valence-corrected chi connectivity index (χ0v) is 15.7. The van der Waals surface area contributed by atoms with E-state index in [1.165, 1.54) is 0 Å². The summed E-state index contributed by atoms with van der Waals surface area (Å²) in [6.45, 7) is 6.60. The largest absolute Gasteiger partial charge is 0.378 e. The lowest BCUT2D eigenvalue weighted by atomic mass is 10.1. The first-order chi connectivity index (χ1) is 13.0. The smallest absolute Gasteiger partial charge is 0.325 e. The summed E-state index contributed by atoms with van der Waals surface area (Å²) >= 11 is 0. The molecular formula is C19H26N4O4. The number of rotatable bonds is 6. The molecule has 0 spiro atoms. The average molecular weight is 374 g/mol. The van der Waals surface area contributed by atoms with Crippen LogP contribution < -0.4 is 15.5 Å². The van der Waals surface area contributed by atoms with Gasteiger partial charge in [-0.15, -0.1) is 0 Å². The van der Waals surface area contributed by atoms with Crippen LogP contribution in [0.5, 0.6) is 0 Å². The Morgan fingerprint density at radius 2 is 1.93 bits per heavy atom. The summed E-state index contributed by atoms with van der Waals surface area (Å²) in [5, 5.41) is 5.42. The van der Waals surface area contributed by atoms with Gasteiger partial charge in [0.05, 0.1) is 13.2 Å². The summed E-state index contributed by atoms with van der Waals surface area (Å²) in [5.74, 6) is -0.734. The van der Waals surface area contributed by atoms with Crippen LogP contribution in [0.2, 0.25) is 0 Å². The van der Waals surface area contributed by atoms with Gasteiger partial charge in [0, 0.05) is 24.5 Å². The van der Waals surface area contributed by atoms with E-state index in [4.69, 9.17) is 4.74 Å². The van der Waals surface area contributed by atoms with E-state index in [0.29, 0.717) is 25.3 Å². The van der Waals surface area contributed by atoms with Gasteiger partial charge in [-0.25, -0.2) is 4.79 Å². The molecule has 2 unspecified atom stereocenters. The van der Waals surface area contributed by atoms with E-state index in [2.05, 4.69) is 15.5 Å². The third-order valence-electron chi connectivity index (χ3n) is 4.91. The van der Waals surface area contributed by atoms with Crippen LogP contribution in [0.4, 0.5) is 16.2 Å². The van der Waals surface area contributed by atoms with Crippen molar-refractivity contribution in [2.75, 3.05) is 36.5 Å². The fraction of sp³-hybridized carbons (Fsp3) is 0.526. The van der Waals surface area contributed by atoms with Crippen molar-refractivity contribution < 1.29 is 19.1 Å². The normalized spacial score (nSPS) is 21.2. The summed E-state index contributed by atoms with van der Waals surface area (Å²) < 4.78 is 5.35. The van der Waals surface area contributed by atoms with Crippen LogP contribution in [0, 0.1) is 0 Å². The van der Waals surface area contributed by atoms with Gasteiger partial charge in [0.2, 0.25) is 5.91 Å². The number of benzene rings is 1. The third-order valence-corrected chi connectivity index (χ3v) is 4.91. The maximum absolute atomic E-state index is 12.5. The van der Waals surface area contributed by atoms with Crippen molar-refractivity contribution in [2.45, 2.75) is 38.8 Å². The lowest BCUT2D eigenvalue weighted by Crippen LogP contribution is -2.46. The molecule has 2 saturated heterocycles. The Kier molecular flexibility index (Phi) is 5.95. The number of imide groups is 1. The lowest BCUT2D eigenvalue weighted by molar-refractivity contribution is -0.133. The van der Waals surface area contributed by atoms with Crippen molar-refractivity contribution in [3.8, 4) is 0 Å². The molecule has 2 fully saturated rings. The van der Waals surface area contributed by atoms with Gasteiger partial charge in [-0.3, -0.25) is 14.5 Å². The topological polar surface area (TPSA) is 91.0 Å². The maximum Gasteiger partial charge on any atom is 0.325 e. The minimum atomic E-state index is -0.877. The quantitative estimate of drug-likeness (QED) is 0.738. The Hall–Kier alpha value is -2.61. The number of anilines is 2. The van der Waals surface area contributed by atoms with E-state index in [-0.39, 0.29) is 5.91 Å². The molecule has 2 heterocycles. The monoisotopic (exact) mass is 374 g/mol. The number of hydrogen-bond acceptors (Lipinski definition) is 5. The van der Waals surface area contributed by atoms with Gasteiger partial charge in [-0.2, -0.15) is 0 Å². The molecule has 0 radical (unpaired) electrons. The molecule has 2 N–H and O–H groups in total. The number of ether oxygens (including phenoxy) is 1. The van der Waals surface area contributed by atoms with Crippen LogP contribution in [0.3, 0.4) is 0 Å². The number of carbonyl (C=O) groups excluding carboxylic acids is 3. The van der Waals surface area contributed by atoms with E-state index >= 15 is 0 Å². The van der Waals surface area contributed by atoms with E-state index in [0.717, 1.165) is 30.1 Å². The van der Waals surface area contributed by atoms with Crippen molar-refractivity contribution in [1.82, 2.24) is 10.2 Å². The second-order valence-corrected chi connectivity index (χ2v) is 6.81. The van der Waals surface area contributed by atoms with Crippen molar-refractivity contribution in [3.63, 3.8) is 0 Å². The first kappa shape index (κ1) is 19.2. The molecule has 8 nitrogen and oxygen atoms in total. The molecule has 8 heteroatoms. The number of morpholine rings is 1. The highest BCUT2D eigenvalue weighted by Crippen LogP contribution is 2.20. The molecule has 0 bridgehead atoms. The van der Waals surface area contributed by atoms with Crippen LogP contribution in [0.1, 0.15) is 26.7 Å². The summed E-state index contributed by atoms with van der Waals surface area (Å²) in [7, 11) is 0. The maximum atomic E-state index is 12.5. The van der Waals surface area contributed by atoms with Gasteiger partial charge in [-0.05, 0) is 37.6 Å². The molecule has 1 aromatic carbocycles. The van der Waals surface area contributed by atoms with Crippen LogP contribution in [-0.4, -0.2) is 61.1 Å². The highest BCUT2D eigenvalue weighted by Gasteiger charge is 2.42. The van der Waals surface area contributed by atoms with Gasteiger partial charge in [0.25, 0.3) is 5.91 Å². The van der Waals surface area contributed by atoms with Crippen LogP contribution in [0.15, 0.2) is 24.3 Å². The molecule has 0 saturated carbocycles. The first-order valence-corrected chi connectivity index (χ1v) is 9.38. The minimum Gasteiger partial charge on any atom is -0.378 e. The van der Waals surface area contributed by atoms with Gasteiger partial charge >= 0.3 is 6.03 Å². The van der Waals surface area contributed by atoms with E-state index in [9.17, 15) is 14.4 Å². The van der Waals surface area contributed by atoms with Crippen LogP contribution in [-0.2, 0) is 14.3 Å². The van der Waals surface area contributed by atoms with Gasteiger partial charge in [0.15, 0.2) is 0 Å². The molecule has 2 aliphatic heterocycles. The highest BCUT2D eigenvalue weighted by atomic mass is 16.5. The second kappa shape index (κ2) is 8.39. The summed E-state index contributed by atoms with van der Waals surface area (Å²) in [5.41, 5.74) is 1.70. The molecule has 4 amide bonds. The number of hydrogen-bond donors (Lipinski definition) is 2. The predicted octanol–water partition coefficient (Wildman–Crippen LogP) is 1.57. The van der Waals surface area contributed by atoms with Gasteiger partial charge in [-0.1, -0.05) is 13.3 Å². The number of urea groups is 1. The summed E-state index contributed by atoms with van der Waals surface area (Å²) in [6, 6.07) is 5.60. The molecule has 0 aliphatic carbocycles. The Bertz CT molecular complexity index is 700. The fourth-order valence-corrected chi connectivity index (χ4v) is 3.34. The van der Waals surface area contributed by atoms with Crippen molar-refractivity contribution >= 4 is 29.2 Å². The standard InChI is InChI=1S/C19H26N4O4/c1-3-4-16-18(25)23(19(26)21-16)13(2)17(24)20-14-5-7-15(8-6-14)22-9-11-27-12-10-22/h5-8,13,16H,3-4,9-12H2,1-2H3,(H,20,24)(H,21,26). The Balaban J connectivity index is 1.61. The number of carbonyl (C=O) groups is 3. The number of nitrogens with zero attached hydrogens (tertiary/aromatic N) is 2. The van der Waals surface area contributed by atoms with Crippen LogP contribution >= 0.6 is 0 Å². The van der Waals surface area contributed by atoms with Crippen molar-refractivity contribution in [1.29, 1.82) is 0 Å². The van der Waals surface area contributed by atoms with Crippen molar-refractivity contribution in [3.05, 3.63) is 24.3 Å². The van der Waals surface area contributed by atoms with E-state index in [1.807, 2.05) is 31.2 Å². The second-order valence-electron chi connectivity index (χ2n) is 6.81. The fourth-order valence-electron chi connectivity index (χ4n) is 3.34. The Labute approximate surface area is 158 Å². The van der Waals surface area contributed by atoms with E-state index in [1.54, 1.807) is 6.92 Å².